The second-order valence-electron chi connectivity index (χ2n) is 6.01. The van der Waals surface area contributed by atoms with Crippen molar-refractivity contribution < 1.29 is 9.59 Å². The Kier molecular flexibility index (Phi) is 4.75. The van der Waals surface area contributed by atoms with Gasteiger partial charge in [0.15, 0.2) is 5.69 Å². The van der Waals surface area contributed by atoms with Crippen LogP contribution >= 0.6 is 0 Å². The number of rotatable bonds is 6. The van der Waals surface area contributed by atoms with Gasteiger partial charge < -0.3 is 15.4 Å². The first-order valence-electron chi connectivity index (χ1n) is 8.58. The third kappa shape index (κ3) is 3.56. The molecule has 3 heterocycles. The van der Waals surface area contributed by atoms with E-state index in [1.165, 1.54) is 6.20 Å². The minimum atomic E-state index is -0.343. The molecule has 0 saturated heterocycles. The lowest BCUT2D eigenvalue weighted by Gasteiger charge is -2.06. The van der Waals surface area contributed by atoms with Gasteiger partial charge in [0.05, 0.1) is 23.9 Å². The van der Waals surface area contributed by atoms with Crippen molar-refractivity contribution in [2.45, 2.75) is 0 Å². The Balaban J connectivity index is 1.58. The molecule has 0 radical (unpaired) electrons. The van der Waals surface area contributed by atoms with Gasteiger partial charge in [0.1, 0.15) is 12.1 Å². The van der Waals surface area contributed by atoms with Crippen molar-refractivity contribution in [2.75, 3.05) is 17.2 Å². The summed E-state index contributed by atoms with van der Waals surface area (Å²) in [7, 11) is 0. The van der Waals surface area contributed by atoms with E-state index < -0.39 is 0 Å². The molecule has 0 atom stereocenters. The lowest BCUT2D eigenvalue weighted by Crippen LogP contribution is -2.13. The predicted octanol–water partition coefficient (Wildman–Crippen LogP) is 2.88. The predicted molar refractivity (Wildman–Crippen MR) is 106 cm³/mol. The van der Waals surface area contributed by atoms with Crippen LogP contribution in [-0.4, -0.2) is 38.9 Å². The molecule has 0 spiro atoms. The van der Waals surface area contributed by atoms with Crippen LogP contribution in [0.3, 0.4) is 0 Å². The van der Waals surface area contributed by atoms with E-state index in [2.05, 4.69) is 30.8 Å². The van der Waals surface area contributed by atoms with Crippen LogP contribution in [0, 0.1) is 0 Å². The van der Waals surface area contributed by atoms with E-state index in [1.54, 1.807) is 24.5 Å². The van der Waals surface area contributed by atoms with Gasteiger partial charge in [-0.15, -0.1) is 0 Å². The minimum Gasteiger partial charge on any atom is -0.363 e. The van der Waals surface area contributed by atoms with Crippen LogP contribution in [0.2, 0.25) is 0 Å². The molecule has 138 valence electrons. The summed E-state index contributed by atoms with van der Waals surface area (Å²) in [6, 6.07) is 13.0. The van der Waals surface area contributed by atoms with Crippen LogP contribution < -0.4 is 10.6 Å². The summed E-state index contributed by atoms with van der Waals surface area (Å²) in [4.78, 5) is 31.4. The van der Waals surface area contributed by atoms with Crippen molar-refractivity contribution in [1.29, 1.82) is 0 Å². The number of H-pyrrole nitrogens is 1. The number of carbonyl (C=O) groups is 2. The van der Waals surface area contributed by atoms with Crippen LogP contribution in [0.5, 0.6) is 0 Å². The molecule has 8 heteroatoms. The smallest absolute Gasteiger partial charge is 0.276 e. The molecule has 3 aromatic heterocycles. The fourth-order valence-corrected chi connectivity index (χ4v) is 2.81. The van der Waals surface area contributed by atoms with Crippen LogP contribution in [-0.2, 0) is 4.79 Å². The van der Waals surface area contributed by atoms with Crippen molar-refractivity contribution in [1.82, 2.24) is 20.2 Å². The summed E-state index contributed by atoms with van der Waals surface area (Å²) in [6.45, 7) is 0.178. The highest BCUT2D eigenvalue weighted by atomic mass is 16.2. The zero-order chi connectivity index (χ0) is 19.3. The Labute approximate surface area is 160 Å². The summed E-state index contributed by atoms with van der Waals surface area (Å²) >= 11 is 0. The summed E-state index contributed by atoms with van der Waals surface area (Å²) in [5.74, 6) is 0.210. The van der Waals surface area contributed by atoms with Gasteiger partial charge in [-0.3, -0.25) is 14.9 Å². The molecule has 0 saturated carbocycles. The fourth-order valence-electron chi connectivity index (χ4n) is 2.81. The van der Waals surface area contributed by atoms with Crippen LogP contribution in [0.15, 0.2) is 61.1 Å². The zero-order valence-corrected chi connectivity index (χ0v) is 14.7. The molecule has 0 fully saturated rings. The topological polar surface area (TPSA) is 113 Å². The summed E-state index contributed by atoms with van der Waals surface area (Å²) in [5, 5.41) is 13.4. The number of amides is 1. The van der Waals surface area contributed by atoms with Gasteiger partial charge in [-0.25, -0.2) is 4.98 Å². The number of carbonyl (C=O) groups excluding carboxylic acids is 2. The van der Waals surface area contributed by atoms with Crippen molar-refractivity contribution in [3.05, 3.63) is 66.7 Å². The van der Waals surface area contributed by atoms with E-state index in [9.17, 15) is 9.59 Å². The molecule has 1 aromatic carbocycles. The molecule has 4 rings (SSSR count). The third-order valence-electron chi connectivity index (χ3n) is 4.16. The minimum absolute atomic E-state index is 0.178. The number of aromatic amines is 1. The number of aromatic nitrogens is 4. The molecule has 3 N–H and O–H groups in total. The molecule has 8 nitrogen and oxygen atoms in total. The Hall–Kier alpha value is -4.07. The molecule has 0 aliphatic carbocycles. The first kappa shape index (κ1) is 17.3. The maximum atomic E-state index is 12.7. The van der Waals surface area contributed by atoms with Gasteiger partial charge >= 0.3 is 0 Å². The lowest BCUT2D eigenvalue weighted by atomic mass is 10.0. The van der Waals surface area contributed by atoms with Gasteiger partial charge in [0, 0.05) is 23.3 Å². The summed E-state index contributed by atoms with van der Waals surface area (Å²) in [6.07, 6.45) is 5.75. The third-order valence-corrected chi connectivity index (χ3v) is 4.16. The number of fused-ring (bicyclic) bond motifs is 1. The van der Waals surface area contributed by atoms with E-state index in [4.69, 9.17) is 0 Å². The fraction of sp³-hybridized carbons (Fsp3) is 0.0500. The molecule has 1 amide bonds. The quantitative estimate of drug-likeness (QED) is 0.449. The highest BCUT2D eigenvalue weighted by Crippen LogP contribution is 2.25. The largest absolute Gasteiger partial charge is 0.363 e. The van der Waals surface area contributed by atoms with E-state index in [0.29, 0.717) is 17.2 Å². The average Bonchev–Trinajstić information content (AvgIpc) is 3.17. The number of aldehydes is 1. The van der Waals surface area contributed by atoms with E-state index >= 15 is 0 Å². The molecule has 0 unspecified atom stereocenters. The normalized spacial score (nSPS) is 10.6. The Bertz CT molecular complexity index is 1120. The number of benzene rings is 1. The second-order valence-corrected chi connectivity index (χ2v) is 6.01. The first-order chi connectivity index (χ1) is 13.7. The second kappa shape index (κ2) is 7.67. The molecular formula is C20H16N6O2. The number of pyridine rings is 2. The molecule has 0 aliphatic rings. The molecular weight excluding hydrogens is 356 g/mol. The SMILES string of the molecule is O=CCNc1ccc(NC(=O)c2n[nH]c3ccc(-c4cccnc4)cc23)cn1. The standard InChI is InChI=1S/C20H16N6O2/c27-9-8-22-18-6-4-15(12-23-18)24-20(28)19-16-10-13(3-5-17(16)25-26-19)14-2-1-7-21-11-14/h1-7,9-12H,8H2,(H,22,23)(H,24,28)(H,25,26). The number of hydrogen-bond acceptors (Lipinski definition) is 6. The van der Waals surface area contributed by atoms with Crippen LogP contribution in [0.25, 0.3) is 22.0 Å². The average molecular weight is 372 g/mol. The number of hydrogen-bond donors (Lipinski definition) is 3. The van der Waals surface area contributed by atoms with E-state index in [-0.39, 0.29) is 12.5 Å². The molecule has 28 heavy (non-hydrogen) atoms. The number of nitrogens with one attached hydrogen (secondary N) is 3. The van der Waals surface area contributed by atoms with Gasteiger partial charge in [0.2, 0.25) is 0 Å². The molecule has 0 bridgehead atoms. The van der Waals surface area contributed by atoms with Crippen molar-refractivity contribution in [3.8, 4) is 11.1 Å². The maximum Gasteiger partial charge on any atom is 0.276 e. The van der Waals surface area contributed by atoms with Gasteiger partial charge in [0.25, 0.3) is 5.91 Å². The Morgan fingerprint density at radius 1 is 1.11 bits per heavy atom. The maximum absolute atomic E-state index is 12.7. The van der Waals surface area contributed by atoms with Crippen molar-refractivity contribution in [3.63, 3.8) is 0 Å². The van der Waals surface area contributed by atoms with Crippen LogP contribution in [0.1, 0.15) is 10.5 Å². The Morgan fingerprint density at radius 2 is 2.04 bits per heavy atom. The number of anilines is 2. The van der Waals surface area contributed by atoms with Gasteiger partial charge in [-0.1, -0.05) is 12.1 Å². The van der Waals surface area contributed by atoms with Gasteiger partial charge in [-0.2, -0.15) is 5.10 Å². The Morgan fingerprint density at radius 3 is 2.79 bits per heavy atom. The zero-order valence-electron chi connectivity index (χ0n) is 14.7. The first-order valence-corrected chi connectivity index (χ1v) is 8.58. The number of nitrogens with zero attached hydrogens (tertiary/aromatic N) is 3. The summed E-state index contributed by atoms with van der Waals surface area (Å²) in [5.41, 5.74) is 3.50. The van der Waals surface area contributed by atoms with Crippen molar-refractivity contribution in [2.24, 2.45) is 0 Å². The molecule has 0 aliphatic heterocycles. The van der Waals surface area contributed by atoms with E-state index in [1.807, 2.05) is 30.3 Å². The highest BCUT2D eigenvalue weighted by molar-refractivity contribution is 6.11. The van der Waals surface area contributed by atoms with Gasteiger partial charge in [-0.05, 0) is 35.9 Å². The summed E-state index contributed by atoms with van der Waals surface area (Å²) < 4.78 is 0. The van der Waals surface area contributed by atoms with Crippen LogP contribution in [0.4, 0.5) is 11.5 Å². The monoisotopic (exact) mass is 372 g/mol. The lowest BCUT2D eigenvalue weighted by molar-refractivity contribution is -0.106. The molecule has 4 aromatic rings. The van der Waals surface area contributed by atoms with Crippen molar-refractivity contribution >= 4 is 34.6 Å². The highest BCUT2D eigenvalue weighted by Gasteiger charge is 2.15. The van der Waals surface area contributed by atoms with E-state index in [0.717, 1.165) is 28.3 Å².